The van der Waals surface area contributed by atoms with E-state index in [4.69, 9.17) is 9.47 Å². The summed E-state index contributed by atoms with van der Waals surface area (Å²) in [6.07, 6.45) is 5.60. The van der Waals surface area contributed by atoms with Crippen molar-refractivity contribution in [2.24, 2.45) is 0 Å². The highest BCUT2D eigenvalue weighted by Crippen LogP contribution is 2.41. The largest absolute Gasteiger partial charge is 0.353 e. The van der Waals surface area contributed by atoms with Crippen molar-refractivity contribution >= 4 is 0 Å². The fraction of sp³-hybridized carbons (Fsp3) is 0.818. The standard InChI is InChI=1S/C11H16O2/c1-2-6-11(7-8-11)13-10-5-3-4-9-12-10/h10H,3-5,7-9H2,1H3. The van der Waals surface area contributed by atoms with Gasteiger partial charge in [0.15, 0.2) is 6.29 Å². The zero-order valence-corrected chi connectivity index (χ0v) is 8.14. The van der Waals surface area contributed by atoms with Crippen LogP contribution >= 0.6 is 0 Å². The molecule has 1 saturated heterocycles. The van der Waals surface area contributed by atoms with E-state index in [0.29, 0.717) is 0 Å². The van der Waals surface area contributed by atoms with Crippen molar-refractivity contribution in [3.8, 4) is 11.8 Å². The van der Waals surface area contributed by atoms with E-state index in [1.165, 1.54) is 12.8 Å². The highest BCUT2D eigenvalue weighted by Gasteiger charge is 2.44. The monoisotopic (exact) mass is 180 g/mol. The topological polar surface area (TPSA) is 18.5 Å². The van der Waals surface area contributed by atoms with E-state index < -0.39 is 0 Å². The molecule has 13 heavy (non-hydrogen) atoms. The second-order valence-corrected chi connectivity index (χ2v) is 3.78. The van der Waals surface area contributed by atoms with E-state index in [1.54, 1.807) is 0 Å². The predicted molar refractivity (Wildman–Crippen MR) is 50.1 cm³/mol. The molecule has 0 aromatic carbocycles. The van der Waals surface area contributed by atoms with E-state index in [1.807, 2.05) is 6.92 Å². The SMILES string of the molecule is CC#CC1(OC2CCCCO2)CC1. The molecule has 1 aliphatic heterocycles. The van der Waals surface area contributed by atoms with Crippen LogP contribution in [0.1, 0.15) is 39.0 Å². The molecule has 2 aliphatic rings. The van der Waals surface area contributed by atoms with Gasteiger partial charge in [0.1, 0.15) is 5.60 Å². The molecule has 1 atom stereocenters. The lowest BCUT2D eigenvalue weighted by molar-refractivity contribution is -0.183. The molecule has 0 bridgehead atoms. The lowest BCUT2D eigenvalue weighted by Crippen LogP contribution is -2.28. The molecule has 72 valence electrons. The molecule has 1 heterocycles. The van der Waals surface area contributed by atoms with Gasteiger partial charge in [-0.15, -0.1) is 5.92 Å². The van der Waals surface area contributed by atoms with Crippen LogP contribution < -0.4 is 0 Å². The first kappa shape index (κ1) is 9.05. The Balaban J connectivity index is 1.84. The van der Waals surface area contributed by atoms with Gasteiger partial charge < -0.3 is 9.47 Å². The Morgan fingerprint density at radius 3 is 2.77 bits per heavy atom. The summed E-state index contributed by atoms with van der Waals surface area (Å²) in [5, 5.41) is 0. The molecule has 0 N–H and O–H groups in total. The highest BCUT2D eigenvalue weighted by atomic mass is 16.7. The lowest BCUT2D eigenvalue weighted by Gasteiger charge is -2.25. The van der Waals surface area contributed by atoms with Crippen molar-refractivity contribution < 1.29 is 9.47 Å². The molecule has 0 amide bonds. The number of hydrogen-bond donors (Lipinski definition) is 0. The molecule has 0 radical (unpaired) electrons. The highest BCUT2D eigenvalue weighted by molar-refractivity contribution is 5.21. The van der Waals surface area contributed by atoms with Crippen molar-refractivity contribution in [2.75, 3.05) is 6.61 Å². The molecule has 1 unspecified atom stereocenters. The van der Waals surface area contributed by atoms with Gasteiger partial charge in [-0.2, -0.15) is 0 Å². The minimum absolute atomic E-state index is 0.0112. The van der Waals surface area contributed by atoms with Crippen molar-refractivity contribution in [3.63, 3.8) is 0 Å². The maximum Gasteiger partial charge on any atom is 0.159 e. The van der Waals surface area contributed by atoms with Crippen LogP contribution in [0.5, 0.6) is 0 Å². The van der Waals surface area contributed by atoms with Crippen LogP contribution in [-0.4, -0.2) is 18.5 Å². The molecular formula is C11H16O2. The molecule has 0 aromatic heterocycles. The van der Waals surface area contributed by atoms with Gasteiger partial charge in [-0.05, 0) is 39.0 Å². The van der Waals surface area contributed by atoms with E-state index in [-0.39, 0.29) is 11.9 Å². The zero-order chi connectivity index (χ0) is 9.15. The lowest BCUT2D eigenvalue weighted by atomic mass is 10.2. The van der Waals surface area contributed by atoms with Crippen LogP contribution in [0.4, 0.5) is 0 Å². The van der Waals surface area contributed by atoms with Gasteiger partial charge >= 0.3 is 0 Å². The van der Waals surface area contributed by atoms with Crippen LogP contribution in [0.3, 0.4) is 0 Å². The second kappa shape index (κ2) is 3.69. The Kier molecular flexibility index (Phi) is 2.57. The minimum atomic E-state index is -0.128. The van der Waals surface area contributed by atoms with Gasteiger partial charge in [-0.1, -0.05) is 5.92 Å². The zero-order valence-electron chi connectivity index (χ0n) is 8.14. The van der Waals surface area contributed by atoms with Gasteiger partial charge in [-0.3, -0.25) is 0 Å². The molecule has 2 nitrogen and oxygen atoms in total. The number of rotatable bonds is 2. The normalized spacial score (nSPS) is 30.4. The van der Waals surface area contributed by atoms with E-state index in [2.05, 4.69) is 11.8 Å². The fourth-order valence-electron chi connectivity index (χ4n) is 1.67. The Labute approximate surface area is 79.6 Å². The van der Waals surface area contributed by atoms with E-state index >= 15 is 0 Å². The number of hydrogen-bond acceptors (Lipinski definition) is 2. The first-order chi connectivity index (χ1) is 6.35. The van der Waals surface area contributed by atoms with Crippen LogP contribution in [0.15, 0.2) is 0 Å². The van der Waals surface area contributed by atoms with Crippen molar-refractivity contribution in [1.29, 1.82) is 0 Å². The second-order valence-electron chi connectivity index (χ2n) is 3.78. The molecule has 2 fully saturated rings. The van der Waals surface area contributed by atoms with E-state index in [0.717, 1.165) is 25.9 Å². The van der Waals surface area contributed by atoms with Gasteiger partial charge in [0.25, 0.3) is 0 Å². The van der Waals surface area contributed by atoms with Crippen molar-refractivity contribution in [3.05, 3.63) is 0 Å². The quantitative estimate of drug-likeness (QED) is 0.606. The summed E-state index contributed by atoms with van der Waals surface area (Å²) in [4.78, 5) is 0. The predicted octanol–water partition coefficient (Wildman–Crippen LogP) is 2.09. The Bertz CT molecular complexity index is 226. The summed E-state index contributed by atoms with van der Waals surface area (Å²) >= 11 is 0. The van der Waals surface area contributed by atoms with Gasteiger partial charge in [0.05, 0.1) is 0 Å². The van der Waals surface area contributed by atoms with Crippen LogP contribution in [0.2, 0.25) is 0 Å². The van der Waals surface area contributed by atoms with E-state index in [9.17, 15) is 0 Å². The molecule has 0 aromatic rings. The van der Waals surface area contributed by atoms with Crippen LogP contribution in [0.25, 0.3) is 0 Å². The summed E-state index contributed by atoms with van der Waals surface area (Å²) in [5.74, 6) is 6.06. The average molecular weight is 180 g/mol. The van der Waals surface area contributed by atoms with Crippen molar-refractivity contribution in [2.45, 2.75) is 50.9 Å². The molecule has 0 spiro atoms. The van der Waals surface area contributed by atoms with Crippen molar-refractivity contribution in [1.82, 2.24) is 0 Å². The fourth-order valence-corrected chi connectivity index (χ4v) is 1.67. The van der Waals surface area contributed by atoms with Crippen LogP contribution in [0, 0.1) is 11.8 Å². The van der Waals surface area contributed by atoms with Gasteiger partial charge in [0.2, 0.25) is 0 Å². The third-order valence-corrected chi connectivity index (χ3v) is 2.55. The Morgan fingerprint density at radius 2 is 2.23 bits per heavy atom. The Hall–Kier alpha value is -0.520. The summed E-state index contributed by atoms with van der Waals surface area (Å²) in [6, 6.07) is 0. The molecule has 1 saturated carbocycles. The minimum Gasteiger partial charge on any atom is -0.353 e. The summed E-state index contributed by atoms with van der Waals surface area (Å²) in [5.41, 5.74) is -0.128. The summed E-state index contributed by atoms with van der Waals surface area (Å²) < 4.78 is 11.3. The number of ether oxygens (including phenoxy) is 2. The maximum atomic E-state index is 5.83. The maximum absolute atomic E-state index is 5.83. The molecular weight excluding hydrogens is 164 g/mol. The Morgan fingerprint density at radius 1 is 1.38 bits per heavy atom. The summed E-state index contributed by atoms with van der Waals surface area (Å²) in [7, 11) is 0. The molecule has 1 aliphatic carbocycles. The average Bonchev–Trinajstić information content (AvgIpc) is 2.87. The van der Waals surface area contributed by atoms with Gasteiger partial charge in [0, 0.05) is 6.61 Å². The third kappa shape index (κ3) is 2.24. The van der Waals surface area contributed by atoms with Crippen LogP contribution in [-0.2, 0) is 9.47 Å². The molecule has 2 rings (SSSR count). The smallest absolute Gasteiger partial charge is 0.159 e. The first-order valence-corrected chi connectivity index (χ1v) is 5.08. The third-order valence-electron chi connectivity index (χ3n) is 2.55. The molecule has 2 heteroatoms. The first-order valence-electron chi connectivity index (χ1n) is 5.08. The summed E-state index contributed by atoms with van der Waals surface area (Å²) in [6.45, 7) is 2.71. The van der Waals surface area contributed by atoms with Gasteiger partial charge in [-0.25, -0.2) is 0 Å².